The van der Waals surface area contributed by atoms with Gasteiger partial charge in [-0.2, -0.15) is 5.10 Å². The molecule has 0 spiro atoms. The van der Waals surface area contributed by atoms with Gasteiger partial charge in [0.2, 0.25) is 0 Å². The Labute approximate surface area is 249 Å². The molecule has 0 atom stereocenters. The van der Waals surface area contributed by atoms with E-state index in [1.807, 2.05) is 112 Å². The predicted octanol–water partition coefficient (Wildman–Crippen LogP) is 7.96. The van der Waals surface area contributed by atoms with Crippen molar-refractivity contribution in [1.29, 1.82) is 0 Å². The summed E-state index contributed by atoms with van der Waals surface area (Å²) in [5.74, 6) is -0.937. The Balaban J connectivity index is 1.82. The summed E-state index contributed by atoms with van der Waals surface area (Å²) in [4.78, 5) is 32.5. The molecule has 0 saturated carbocycles. The van der Waals surface area contributed by atoms with Gasteiger partial charge in [0.05, 0.1) is 46.3 Å². The van der Waals surface area contributed by atoms with Crippen molar-refractivity contribution in [1.82, 2.24) is 14.8 Å². The molecular formula is C36H31N3O4. The molecule has 0 fully saturated rings. The van der Waals surface area contributed by atoms with E-state index in [2.05, 4.69) is 0 Å². The summed E-state index contributed by atoms with van der Waals surface area (Å²) < 4.78 is 13.1. The number of para-hydroxylation sites is 1. The Morgan fingerprint density at radius 1 is 0.814 bits per heavy atom. The highest BCUT2D eigenvalue weighted by Gasteiger charge is 2.30. The number of carbonyl (C=O) groups is 2. The van der Waals surface area contributed by atoms with E-state index in [0.29, 0.717) is 50.1 Å². The second-order valence-corrected chi connectivity index (χ2v) is 10.5. The van der Waals surface area contributed by atoms with Gasteiger partial charge in [-0.1, -0.05) is 78.9 Å². The molecule has 0 amide bonds. The molecule has 0 aliphatic heterocycles. The van der Waals surface area contributed by atoms with Gasteiger partial charge in [0.1, 0.15) is 0 Å². The van der Waals surface area contributed by atoms with Crippen LogP contribution in [0.25, 0.3) is 49.9 Å². The number of fused-ring (bicyclic) bond motifs is 2. The number of rotatable bonds is 7. The standard InChI is InChI=1S/C36H31N3O4/c1-5-42-36(41)32-31(27-20-12-16-24-17-13-21-28(30(24)27)35(40)43-22(2)3)29-23(4)38-39(26-18-10-7-11-19-26)34(29)37-33(32)25-14-8-6-9-15-25/h6-22H,5H2,1-4H3. The SMILES string of the molecule is CCOC(=O)c1c(-c2ccccc2)nc2c(c(C)nn2-c2ccccc2)c1-c1cccc2cccc(C(=O)OC(C)C)c12. The van der Waals surface area contributed by atoms with Gasteiger partial charge in [0.25, 0.3) is 0 Å². The second kappa shape index (κ2) is 11.5. The van der Waals surface area contributed by atoms with E-state index in [9.17, 15) is 9.59 Å². The molecule has 214 valence electrons. The first-order chi connectivity index (χ1) is 20.9. The van der Waals surface area contributed by atoms with Crippen molar-refractivity contribution in [2.45, 2.75) is 33.8 Å². The second-order valence-electron chi connectivity index (χ2n) is 10.5. The summed E-state index contributed by atoms with van der Waals surface area (Å²) in [6, 6.07) is 30.7. The van der Waals surface area contributed by atoms with Gasteiger partial charge >= 0.3 is 11.9 Å². The largest absolute Gasteiger partial charge is 0.462 e. The van der Waals surface area contributed by atoms with Crippen LogP contribution in [0.4, 0.5) is 0 Å². The highest BCUT2D eigenvalue weighted by Crippen LogP contribution is 2.43. The normalized spacial score (nSPS) is 11.3. The monoisotopic (exact) mass is 569 g/mol. The molecule has 0 aliphatic rings. The van der Waals surface area contributed by atoms with Gasteiger partial charge in [-0.25, -0.2) is 19.3 Å². The zero-order valence-corrected chi connectivity index (χ0v) is 24.5. The Kier molecular flexibility index (Phi) is 7.47. The van der Waals surface area contributed by atoms with Crippen LogP contribution in [0.5, 0.6) is 0 Å². The van der Waals surface area contributed by atoms with Crippen LogP contribution < -0.4 is 0 Å². The molecule has 0 N–H and O–H groups in total. The van der Waals surface area contributed by atoms with Crippen LogP contribution in [0.3, 0.4) is 0 Å². The van der Waals surface area contributed by atoms with E-state index < -0.39 is 11.9 Å². The fourth-order valence-corrected chi connectivity index (χ4v) is 5.54. The Hall–Kier alpha value is -5.30. The molecule has 0 aliphatic carbocycles. The van der Waals surface area contributed by atoms with Gasteiger partial charge in [-0.15, -0.1) is 0 Å². The molecule has 6 rings (SSSR count). The highest BCUT2D eigenvalue weighted by atomic mass is 16.5. The maximum atomic E-state index is 14.0. The number of aryl methyl sites for hydroxylation is 1. The zero-order valence-electron chi connectivity index (χ0n) is 24.5. The minimum Gasteiger partial charge on any atom is -0.462 e. The number of esters is 2. The van der Waals surface area contributed by atoms with Crippen molar-refractivity contribution in [3.63, 3.8) is 0 Å². The van der Waals surface area contributed by atoms with Crippen LogP contribution in [-0.4, -0.2) is 39.4 Å². The summed E-state index contributed by atoms with van der Waals surface area (Å²) in [6.45, 7) is 7.52. The number of nitrogens with zero attached hydrogens (tertiary/aromatic N) is 3. The number of carbonyl (C=O) groups excluding carboxylic acids is 2. The van der Waals surface area contributed by atoms with Crippen molar-refractivity contribution in [2.75, 3.05) is 6.61 Å². The highest BCUT2D eigenvalue weighted by molar-refractivity contribution is 6.18. The van der Waals surface area contributed by atoms with Gasteiger partial charge in [-0.3, -0.25) is 0 Å². The average Bonchev–Trinajstić information content (AvgIpc) is 3.36. The van der Waals surface area contributed by atoms with Crippen molar-refractivity contribution < 1.29 is 19.1 Å². The molecule has 2 heterocycles. The lowest BCUT2D eigenvalue weighted by atomic mass is 9.88. The third-order valence-electron chi connectivity index (χ3n) is 7.25. The van der Waals surface area contributed by atoms with E-state index in [4.69, 9.17) is 19.6 Å². The first-order valence-corrected chi connectivity index (χ1v) is 14.3. The minimum absolute atomic E-state index is 0.189. The summed E-state index contributed by atoms with van der Waals surface area (Å²) in [5, 5.41) is 7.13. The molecule has 0 saturated heterocycles. The Morgan fingerprint density at radius 2 is 1.49 bits per heavy atom. The van der Waals surface area contributed by atoms with E-state index in [0.717, 1.165) is 16.6 Å². The maximum absolute atomic E-state index is 14.0. The summed E-state index contributed by atoms with van der Waals surface area (Å²) in [5.41, 5.74) is 5.36. The molecule has 6 aromatic rings. The summed E-state index contributed by atoms with van der Waals surface area (Å²) in [7, 11) is 0. The Bertz CT molecular complexity index is 1970. The molecule has 43 heavy (non-hydrogen) atoms. The number of ether oxygens (including phenoxy) is 2. The van der Waals surface area contributed by atoms with Crippen LogP contribution in [0, 0.1) is 6.92 Å². The smallest absolute Gasteiger partial charge is 0.341 e. The van der Waals surface area contributed by atoms with Crippen molar-refractivity contribution in [2.24, 2.45) is 0 Å². The van der Waals surface area contributed by atoms with Crippen molar-refractivity contribution >= 4 is 33.7 Å². The quantitative estimate of drug-likeness (QED) is 0.181. The minimum atomic E-state index is -0.503. The number of hydrogen-bond donors (Lipinski definition) is 0. The third kappa shape index (κ3) is 5.03. The topological polar surface area (TPSA) is 83.3 Å². The average molecular weight is 570 g/mol. The predicted molar refractivity (Wildman–Crippen MR) is 168 cm³/mol. The lowest BCUT2D eigenvalue weighted by molar-refractivity contribution is 0.0379. The molecule has 7 heteroatoms. The Morgan fingerprint density at radius 3 is 2.16 bits per heavy atom. The van der Waals surface area contributed by atoms with Gasteiger partial charge in [0.15, 0.2) is 5.65 Å². The lowest BCUT2D eigenvalue weighted by Gasteiger charge is -2.19. The summed E-state index contributed by atoms with van der Waals surface area (Å²) in [6.07, 6.45) is -0.298. The van der Waals surface area contributed by atoms with Crippen LogP contribution in [-0.2, 0) is 9.47 Å². The maximum Gasteiger partial charge on any atom is 0.341 e. The van der Waals surface area contributed by atoms with Gasteiger partial charge in [0, 0.05) is 16.5 Å². The molecule has 0 unspecified atom stereocenters. The van der Waals surface area contributed by atoms with Gasteiger partial charge < -0.3 is 9.47 Å². The lowest BCUT2D eigenvalue weighted by Crippen LogP contribution is -2.13. The molecular weight excluding hydrogens is 538 g/mol. The first kappa shape index (κ1) is 27.8. The number of aromatic nitrogens is 3. The van der Waals surface area contributed by atoms with E-state index >= 15 is 0 Å². The fourth-order valence-electron chi connectivity index (χ4n) is 5.54. The first-order valence-electron chi connectivity index (χ1n) is 14.3. The number of hydrogen-bond acceptors (Lipinski definition) is 6. The van der Waals surface area contributed by atoms with E-state index in [1.54, 1.807) is 17.7 Å². The summed E-state index contributed by atoms with van der Waals surface area (Å²) >= 11 is 0. The van der Waals surface area contributed by atoms with Gasteiger partial charge in [-0.05, 0) is 56.8 Å². The van der Waals surface area contributed by atoms with Crippen LogP contribution in [0.15, 0.2) is 97.1 Å². The number of pyridine rings is 1. The van der Waals surface area contributed by atoms with Crippen molar-refractivity contribution in [3.05, 3.63) is 114 Å². The van der Waals surface area contributed by atoms with E-state index in [-0.39, 0.29) is 12.7 Å². The molecule has 7 nitrogen and oxygen atoms in total. The van der Waals surface area contributed by atoms with Crippen LogP contribution >= 0.6 is 0 Å². The van der Waals surface area contributed by atoms with Crippen molar-refractivity contribution in [3.8, 4) is 28.1 Å². The third-order valence-corrected chi connectivity index (χ3v) is 7.25. The molecule has 4 aromatic carbocycles. The van der Waals surface area contributed by atoms with Crippen LogP contribution in [0.2, 0.25) is 0 Å². The molecule has 0 bridgehead atoms. The molecule has 0 radical (unpaired) electrons. The fraction of sp³-hybridized carbons (Fsp3) is 0.167. The number of benzene rings is 4. The zero-order chi connectivity index (χ0) is 30.1. The molecule has 2 aromatic heterocycles. The van der Waals surface area contributed by atoms with E-state index in [1.165, 1.54) is 0 Å². The van der Waals surface area contributed by atoms with Crippen LogP contribution in [0.1, 0.15) is 47.2 Å².